The van der Waals surface area contributed by atoms with E-state index in [1.807, 2.05) is 36.4 Å². The van der Waals surface area contributed by atoms with Crippen LogP contribution < -0.4 is 5.73 Å². The van der Waals surface area contributed by atoms with E-state index in [0.717, 1.165) is 15.6 Å². The van der Waals surface area contributed by atoms with Crippen LogP contribution in [0, 0.1) is 0 Å². The lowest BCUT2D eigenvalue weighted by atomic mass is 10.2. The third-order valence-corrected chi connectivity index (χ3v) is 3.96. The van der Waals surface area contributed by atoms with Crippen molar-refractivity contribution < 1.29 is 9.53 Å². The van der Waals surface area contributed by atoms with E-state index in [0.29, 0.717) is 10.6 Å². The summed E-state index contributed by atoms with van der Waals surface area (Å²) >= 11 is 1.41. The van der Waals surface area contributed by atoms with Crippen molar-refractivity contribution in [3.05, 3.63) is 59.2 Å². The molecule has 2 aromatic heterocycles. The number of ether oxygens (including phenoxy) is 1. The van der Waals surface area contributed by atoms with Crippen LogP contribution >= 0.6 is 11.3 Å². The number of nitrogens with two attached hydrogens (primary N) is 1. The number of carbonyl (C=O) groups excluding carboxylic acids is 1. The number of esters is 1. The Kier molecular flexibility index (Phi) is 3.35. The molecule has 0 radical (unpaired) electrons. The fourth-order valence-electron chi connectivity index (χ4n) is 1.86. The predicted octanol–water partition coefficient (Wildman–Crippen LogP) is 3.24. The van der Waals surface area contributed by atoms with Gasteiger partial charge in [0.2, 0.25) is 0 Å². The third-order valence-electron chi connectivity index (χ3n) is 2.86. The maximum atomic E-state index is 12.0. The Labute approximate surface area is 119 Å². The van der Waals surface area contributed by atoms with Crippen molar-refractivity contribution in [1.29, 1.82) is 0 Å². The zero-order valence-electron chi connectivity index (χ0n) is 10.6. The largest absolute Gasteiger partial charge is 0.457 e. The van der Waals surface area contributed by atoms with Crippen molar-refractivity contribution in [2.24, 2.45) is 0 Å². The molecule has 5 heteroatoms. The highest BCUT2D eigenvalue weighted by molar-refractivity contribution is 7.20. The number of rotatable bonds is 3. The van der Waals surface area contributed by atoms with Crippen molar-refractivity contribution >= 4 is 33.1 Å². The molecule has 0 aliphatic rings. The second-order valence-electron chi connectivity index (χ2n) is 4.34. The number of pyridine rings is 1. The molecule has 0 amide bonds. The van der Waals surface area contributed by atoms with Gasteiger partial charge >= 0.3 is 5.97 Å². The van der Waals surface area contributed by atoms with Gasteiger partial charge in [0.15, 0.2) is 0 Å². The van der Waals surface area contributed by atoms with E-state index < -0.39 is 0 Å². The van der Waals surface area contributed by atoms with Crippen LogP contribution in [0.15, 0.2) is 48.8 Å². The average molecular weight is 284 g/mol. The maximum absolute atomic E-state index is 12.0. The molecule has 2 N–H and O–H groups in total. The Morgan fingerprint density at radius 1 is 1.20 bits per heavy atom. The van der Waals surface area contributed by atoms with E-state index in [2.05, 4.69) is 4.98 Å². The summed E-state index contributed by atoms with van der Waals surface area (Å²) < 4.78 is 6.31. The fourth-order valence-corrected chi connectivity index (χ4v) is 2.80. The van der Waals surface area contributed by atoms with Gasteiger partial charge in [-0.2, -0.15) is 0 Å². The number of carbonyl (C=O) groups is 1. The van der Waals surface area contributed by atoms with Crippen molar-refractivity contribution in [1.82, 2.24) is 4.98 Å². The fraction of sp³-hybridized carbons (Fsp3) is 0.0667. The number of hydrogen-bond acceptors (Lipinski definition) is 5. The Balaban J connectivity index is 1.75. The van der Waals surface area contributed by atoms with Gasteiger partial charge in [-0.15, -0.1) is 11.3 Å². The van der Waals surface area contributed by atoms with E-state index >= 15 is 0 Å². The molecule has 3 rings (SSSR count). The first-order valence-corrected chi connectivity index (χ1v) is 6.89. The van der Waals surface area contributed by atoms with Crippen LogP contribution in [-0.4, -0.2) is 11.0 Å². The van der Waals surface area contributed by atoms with Gasteiger partial charge in [0, 0.05) is 22.8 Å². The SMILES string of the molecule is Nc1ccc2sc(C(=O)OCc3ccncc3)cc2c1. The van der Waals surface area contributed by atoms with Gasteiger partial charge in [-0.05, 0) is 47.3 Å². The van der Waals surface area contributed by atoms with E-state index in [1.54, 1.807) is 12.4 Å². The van der Waals surface area contributed by atoms with Crippen LogP contribution in [0.2, 0.25) is 0 Å². The van der Waals surface area contributed by atoms with Gasteiger partial charge in [0.25, 0.3) is 0 Å². The first kappa shape index (κ1) is 12.6. The summed E-state index contributed by atoms with van der Waals surface area (Å²) in [5.41, 5.74) is 7.33. The quantitative estimate of drug-likeness (QED) is 0.592. The molecular weight excluding hydrogens is 272 g/mol. The summed E-state index contributed by atoms with van der Waals surface area (Å²) in [7, 11) is 0. The number of hydrogen-bond donors (Lipinski definition) is 1. The number of benzene rings is 1. The molecule has 4 nitrogen and oxygen atoms in total. The summed E-state index contributed by atoms with van der Waals surface area (Å²) in [6.45, 7) is 0.248. The van der Waals surface area contributed by atoms with Crippen molar-refractivity contribution in [2.45, 2.75) is 6.61 Å². The highest BCUT2D eigenvalue weighted by Crippen LogP contribution is 2.27. The van der Waals surface area contributed by atoms with Crippen molar-refractivity contribution in [2.75, 3.05) is 5.73 Å². The van der Waals surface area contributed by atoms with Gasteiger partial charge in [-0.1, -0.05) is 0 Å². The Hall–Kier alpha value is -2.40. The second-order valence-corrected chi connectivity index (χ2v) is 5.42. The molecule has 0 aliphatic heterocycles. The molecule has 20 heavy (non-hydrogen) atoms. The smallest absolute Gasteiger partial charge is 0.348 e. The van der Waals surface area contributed by atoms with Gasteiger partial charge < -0.3 is 10.5 Å². The van der Waals surface area contributed by atoms with Crippen LogP contribution in [0.25, 0.3) is 10.1 Å². The van der Waals surface area contributed by atoms with Gasteiger partial charge in [0.05, 0.1) is 0 Å². The molecule has 100 valence electrons. The number of thiophene rings is 1. The van der Waals surface area contributed by atoms with Gasteiger partial charge in [-0.3, -0.25) is 4.98 Å². The number of anilines is 1. The van der Waals surface area contributed by atoms with E-state index in [4.69, 9.17) is 10.5 Å². The molecule has 0 saturated carbocycles. The Morgan fingerprint density at radius 3 is 2.80 bits per heavy atom. The molecule has 0 atom stereocenters. The van der Waals surface area contributed by atoms with Crippen LogP contribution in [0.5, 0.6) is 0 Å². The second kappa shape index (κ2) is 5.30. The number of nitrogens with zero attached hydrogens (tertiary/aromatic N) is 1. The molecule has 0 unspecified atom stereocenters. The van der Waals surface area contributed by atoms with Crippen LogP contribution in [0.3, 0.4) is 0 Å². The standard InChI is InChI=1S/C15H12N2O2S/c16-12-1-2-13-11(7-12)8-14(20-13)15(18)19-9-10-3-5-17-6-4-10/h1-8H,9,16H2. The molecule has 0 fully saturated rings. The zero-order valence-corrected chi connectivity index (χ0v) is 11.4. The lowest BCUT2D eigenvalue weighted by Crippen LogP contribution is -2.02. The van der Waals surface area contributed by atoms with Crippen LogP contribution in [-0.2, 0) is 11.3 Å². The summed E-state index contributed by atoms with van der Waals surface area (Å²) in [6.07, 6.45) is 3.34. The molecule has 0 spiro atoms. The summed E-state index contributed by atoms with van der Waals surface area (Å²) in [5, 5.41) is 0.964. The highest BCUT2D eigenvalue weighted by Gasteiger charge is 2.12. The summed E-state index contributed by atoms with van der Waals surface area (Å²) in [5.74, 6) is -0.318. The van der Waals surface area contributed by atoms with Crippen LogP contribution in [0.1, 0.15) is 15.2 Å². The first-order valence-electron chi connectivity index (χ1n) is 6.07. The Morgan fingerprint density at radius 2 is 2.00 bits per heavy atom. The molecule has 0 bridgehead atoms. The average Bonchev–Trinajstić information content (AvgIpc) is 2.89. The highest BCUT2D eigenvalue weighted by atomic mass is 32.1. The van der Waals surface area contributed by atoms with Gasteiger partial charge in [-0.25, -0.2) is 4.79 Å². The predicted molar refractivity (Wildman–Crippen MR) is 79.6 cm³/mol. The van der Waals surface area contributed by atoms with E-state index in [1.165, 1.54) is 11.3 Å². The molecule has 0 aliphatic carbocycles. The molecular formula is C15H12N2O2S. The van der Waals surface area contributed by atoms with Crippen LogP contribution in [0.4, 0.5) is 5.69 Å². The monoisotopic (exact) mass is 284 g/mol. The number of nitrogen functional groups attached to an aromatic ring is 1. The first-order chi connectivity index (χ1) is 9.72. The summed E-state index contributed by atoms with van der Waals surface area (Å²) in [6, 6.07) is 11.0. The lowest BCUT2D eigenvalue weighted by Gasteiger charge is -2.02. The topological polar surface area (TPSA) is 65.2 Å². The maximum Gasteiger partial charge on any atom is 0.348 e. The molecule has 3 aromatic rings. The minimum Gasteiger partial charge on any atom is -0.457 e. The van der Waals surface area contributed by atoms with Crippen molar-refractivity contribution in [3.63, 3.8) is 0 Å². The zero-order chi connectivity index (χ0) is 13.9. The van der Waals surface area contributed by atoms with Crippen molar-refractivity contribution in [3.8, 4) is 0 Å². The number of aromatic nitrogens is 1. The molecule has 0 saturated heterocycles. The number of fused-ring (bicyclic) bond motifs is 1. The lowest BCUT2D eigenvalue weighted by molar-refractivity contribution is 0.0478. The molecule has 2 heterocycles. The van der Waals surface area contributed by atoms with E-state index in [-0.39, 0.29) is 12.6 Å². The third kappa shape index (κ3) is 2.62. The normalized spacial score (nSPS) is 10.6. The van der Waals surface area contributed by atoms with E-state index in [9.17, 15) is 4.79 Å². The minimum atomic E-state index is -0.318. The summed E-state index contributed by atoms with van der Waals surface area (Å²) in [4.78, 5) is 16.5. The Bertz CT molecular complexity index is 753. The molecule has 1 aromatic carbocycles. The van der Waals surface area contributed by atoms with Gasteiger partial charge in [0.1, 0.15) is 11.5 Å². The minimum absolute atomic E-state index is 0.248.